The fourth-order valence-electron chi connectivity index (χ4n) is 2.93. The Balaban J connectivity index is 2.87. The highest BCUT2D eigenvalue weighted by Gasteiger charge is 2.22. The Morgan fingerprint density at radius 1 is 0.818 bits per heavy atom. The van der Waals surface area contributed by atoms with Crippen molar-refractivity contribution in [1.82, 2.24) is 4.98 Å². The van der Waals surface area contributed by atoms with Crippen LogP contribution in [0.5, 0.6) is 0 Å². The lowest BCUT2D eigenvalue weighted by Gasteiger charge is -2.23. The summed E-state index contributed by atoms with van der Waals surface area (Å²) in [6, 6.07) is 9.95. The van der Waals surface area contributed by atoms with E-state index >= 15 is 0 Å². The van der Waals surface area contributed by atoms with Crippen LogP contribution in [0.25, 0.3) is 11.1 Å². The van der Waals surface area contributed by atoms with Gasteiger partial charge in [-0.2, -0.15) is 0 Å². The Bertz CT molecular complexity index is 599. The van der Waals surface area contributed by atoms with Gasteiger partial charge < -0.3 is 10.2 Å². The summed E-state index contributed by atoms with van der Waals surface area (Å²) in [6.07, 6.45) is 0. The molecule has 3 nitrogen and oxygen atoms in total. The van der Waals surface area contributed by atoms with E-state index in [-0.39, 0.29) is 25.0 Å². The Morgan fingerprint density at radius 2 is 1.27 bits per heavy atom. The van der Waals surface area contributed by atoms with Gasteiger partial charge in [0.1, 0.15) is 0 Å². The number of hydrogen-bond acceptors (Lipinski definition) is 3. The minimum absolute atomic E-state index is 0.0733. The van der Waals surface area contributed by atoms with Crippen molar-refractivity contribution in [2.24, 2.45) is 0 Å². The summed E-state index contributed by atoms with van der Waals surface area (Å²) >= 11 is 0. The van der Waals surface area contributed by atoms with E-state index in [1.54, 1.807) is 0 Å². The van der Waals surface area contributed by atoms with Gasteiger partial charge in [-0.1, -0.05) is 58.0 Å². The van der Waals surface area contributed by atoms with Crippen molar-refractivity contribution >= 4 is 0 Å². The van der Waals surface area contributed by atoms with Gasteiger partial charge >= 0.3 is 0 Å². The first-order chi connectivity index (χ1) is 10.5. The quantitative estimate of drug-likeness (QED) is 0.878. The van der Waals surface area contributed by atoms with E-state index in [1.807, 2.05) is 30.3 Å². The van der Waals surface area contributed by atoms with E-state index in [9.17, 15) is 10.2 Å². The van der Waals surface area contributed by atoms with Gasteiger partial charge in [0.2, 0.25) is 0 Å². The number of aromatic nitrogens is 1. The Kier molecular flexibility index (Phi) is 5.33. The molecule has 2 aromatic rings. The molecule has 0 unspecified atom stereocenters. The number of pyridine rings is 1. The zero-order chi connectivity index (χ0) is 16.3. The zero-order valence-corrected chi connectivity index (χ0v) is 13.8. The predicted molar refractivity (Wildman–Crippen MR) is 89.7 cm³/mol. The van der Waals surface area contributed by atoms with Gasteiger partial charge in [-0.25, -0.2) is 0 Å². The molecule has 0 atom stereocenters. The van der Waals surface area contributed by atoms with E-state index in [1.165, 1.54) is 0 Å². The molecule has 1 aromatic carbocycles. The average molecular weight is 299 g/mol. The van der Waals surface area contributed by atoms with E-state index in [0.717, 1.165) is 33.6 Å². The molecule has 0 radical (unpaired) electrons. The molecule has 0 amide bonds. The standard InChI is InChI=1S/C19H25NO2/c1-12(2)18-15(10-21)17(14-8-6-5-7-9-14)16(11-22)19(20-18)13(3)4/h5-9,12-13,21-22H,10-11H2,1-4H3. The molecule has 22 heavy (non-hydrogen) atoms. The van der Waals surface area contributed by atoms with Crippen molar-refractivity contribution in [1.29, 1.82) is 0 Å². The third-order valence-electron chi connectivity index (χ3n) is 3.94. The van der Waals surface area contributed by atoms with E-state index in [0.29, 0.717) is 0 Å². The molecule has 0 aliphatic heterocycles. The Morgan fingerprint density at radius 3 is 1.64 bits per heavy atom. The van der Waals surface area contributed by atoms with Gasteiger partial charge in [0.15, 0.2) is 0 Å². The summed E-state index contributed by atoms with van der Waals surface area (Å²) in [4.78, 5) is 4.78. The number of benzene rings is 1. The summed E-state index contributed by atoms with van der Waals surface area (Å²) in [6.45, 7) is 8.18. The molecule has 1 heterocycles. The van der Waals surface area contributed by atoms with Gasteiger partial charge in [-0.15, -0.1) is 0 Å². The molecule has 2 rings (SSSR count). The third kappa shape index (κ3) is 3.06. The van der Waals surface area contributed by atoms with Crippen molar-refractivity contribution in [2.75, 3.05) is 0 Å². The van der Waals surface area contributed by atoms with Crippen LogP contribution < -0.4 is 0 Å². The minimum Gasteiger partial charge on any atom is -0.392 e. The molecule has 0 bridgehead atoms. The van der Waals surface area contributed by atoms with Crippen LogP contribution in [0.4, 0.5) is 0 Å². The number of aliphatic hydroxyl groups is 2. The highest BCUT2D eigenvalue weighted by Crippen LogP contribution is 2.36. The maximum atomic E-state index is 9.94. The highest BCUT2D eigenvalue weighted by molar-refractivity contribution is 5.73. The molecule has 1 aromatic heterocycles. The smallest absolute Gasteiger partial charge is 0.0705 e. The molecule has 118 valence electrons. The second-order valence-electron chi connectivity index (χ2n) is 6.21. The van der Waals surface area contributed by atoms with Crippen molar-refractivity contribution in [3.63, 3.8) is 0 Å². The molecular formula is C19H25NO2. The number of nitrogens with zero attached hydrogens (tertiary/aromatic N) is 1. The number of aliphatic hydroxyl groups excluding tert-OH is 2. The van der Waals surface area contributed by atoms with Crippen LogP contribution in [0, 0.1) is 0 Å². The van der Waals surface area contributed by atoms with E-state index in [2.05, 4.69) is 27.7 Å². The molecule has 0 aliphatic carbocycles. The second-order valence-corrected chi connectivity index (χ2v) is 6.21. The van der Waals surface area contributed by atoms with Crippen molar-refractivity contribution in [2.45, 2.75) is 52.7 Å². The van der Waals surface area contributed by atoms with Gasteiger partial charge in [0.25, 0.3) is 0 Å². The fraction of sp³-hybridized carbons (Fsp3) is 0.421. The normalized spacial score (nSPS) is 11.5. The average Bonchev–Trinajstić information content (AvgIpc) is 2.53. The van der Waals surface area contributed by atoms with Gasteiger partial charge in [-0.05, 0) is 23.0 Å². The summed E-state index contributed by atoms with van der Waals surface area (Å²) in [5, 5.41) is 19.9. The first kappa shape index (κ1) is 16.7. The highest BCUT2D eigenvalue weighted by atomic mass is 16.3. The van der Waals surface area contributed by atoms with Crippen LogP contribution in [0.1, 0.15) is 62.0 Å². The number of hydrogen-bond donors (Lipinski definition) is 2. The van der Waals surface area contributed by atoms with Crippen molar-refractivity contribution in [3.8, 4) is 11.1 Å². The summed E-state index contributed by atoms with van der Waals surface area (Å²) < 4.78 is 0. The van der Waals surface area contributed by atoms with Crippen LogP contribution in [-0.4, -0.2) is 15.2 Å². The van der Waals surface area contributed by atoms with Crippen LogP contribution in [0.3, 0.4) is 0 Å². The van der Waals surface area contributed by atoms with Crippen LogP contribution in [0.15, 0.2) is 30.3 Å². The Labute approximate surface area is 132 Å². The molecule has 0 saturated carbocycles. The molecule has 0 fully saturated rings. The van der Waals surface area contributed by atoms with E-state index < -0.39 is 0 Å². The van der Waals surface area contributed by atoms with Gasteiger partial charge in [0.05, 0.1) is 13.2 Å². The van der Waals surface area contributed by atoms with Gasteiger partial charge in [0, 0.05) is 22.5 Å². The second kappa shape index (κ2) is 7.03. The van der Waals surface area contributed by atoms with Gasteiger partial charge in [-0.3, -0.25) is 4.98 Å². The van der Waals surface area contributed by atoms with E-state index in [4.69, 9.17) is 4.98 Å². The lowest BCUT2D eigenvalue weighted by atomic mass is 9.87. The maximum Gasteiger partial charge on any atom is 0.0705 e. The first-order valence-electron chi connectivity index (χ1n) is 7.83. The summed E-state index contributed by atoms with van der Waals surface area (Å²) in [7, 11) is 0. The number of rotatable bonds is 5. The largest absolute Gasteiger partial charge is 0.392 e. The van der Waals surface area contributed by atoms with Crippen LogP contribution >= 0.6 is 0 Å². The molecule has 0 saturated heterocycles. The molecule has 0 aliphatic rings. The maximum absolute atomic E-state index is 9.94. The Hall–Kier alpha value is -1.71. The minimum atomic E-state index is -0.0733. The van der Waals surface area contributed by atoms with Crippen molar-refractivity contribution in [3.05, 3.63) is 52.8 Å². The predicted octanol–water partition coefficient (Wildman–Crippen LogP) is 3.98. The lowest BCUT2D eigenvalue weighted by Crippen LogP contribution is -2.12. The first-order valence-corrected chi connectivity index (χ1v) is 7.83. The third-order valence-corrected chi connectivity index (χ3v) is 3.94. The SMILES string of the molecule is CC(C)c1nc(C(C)C)c(CO)c(-c2ccccc2)c1CO. The molecule has 3 heteroatoms. The zero-order valence-electron chi connectivity index (χ0n) is 13.8. The summed E-state index contributed by atoms with van der Waals surface area (Å²) in [5.41, 5.74) is 5.45. The summed E-state index contributed by atoms with van der Waals surface area (Å²) in [5.74, 6) is 0.435. The van der Waals surface area contributed by atoms with Crippen LogP contribution in [0.2, 0.25) is 0 Å². The monoisotopic (exact) mass is 299 g/mol. The molecule has 2 N–H and O–H groups in total. The lowest BCUT2D eigenvalue weighted by molar-refractivity contribution is 0.272. The van der Waals surface area contributed by atoms with Crippen LogP contribution in [-0.2, 0) is 13.2 Å². The topological polar surface area (TPSA) is 53.4 Å². The molecular weight excluding hydrogens is 274 g/mol. The fourth-order valence-corrected chi connectivity index (χ4v) is 2.93. The molecule has 0 spiro atoms. The van der Waals surface area contributed by atoms with Crippen molar-refractivity contribution < 1.29 is 10.2 Å².